The van der Waals surface area contributed by atoms with E-state index in [1.54, 1.807) is 13.3 Å². The Balaban J connectivity index is 1.84. The van der Waals surface area contributed by atoms with Gasteiger partial charge in [0.15, 0.2) is 5.75 Å². The minimum Gasteiger partial charge on any atom is -0.609 e. The summed E-state index contributed by atoms with van der Waals surface area (Å²) >= 11 is -1.26. The van der Waals surface area contributed by atoms with Crippen LogP contribution in [0.15, 0.2) is 41.7 Å². The third-order valence-corrected chi connectivity index (χ3v) is 6.18. The number of pyridine rings is 1. The van der Waals surface area contributed by atoms with Gasteiger partial charge in [0.05, 0.1) is 22.8 Å². The van der Waals surface area contributed by atoms with Gasteiger partial charge in [-0.15, -0.1) is 0 Å². The molecule has 0 radical (unpaired) electrons. The molecule has 3 rings (SSSR count). The fourth-order valence-electron chi connectivity index (χ4n) is 3.15. The molecule has 3 aromatic rings. The molecular weight excluding hydrogens is 346 g/mol. The molecule has 5 nitrogen and oxygen atoms in total. The summed E-state index contributed by atoms with van der Waals surface area (Å²) in [6.07, 6.45) is 3.79. The second-order valence-corrected chi connectivity index (χ2v) is 7.79. The van der Waals surface area contributed by atoms with Crippen molar-refractivity contribution in [1.82, 2.24) is 14.5 Å². The molecule has 0 saturated heterocycles. The van der Waals surface area contributed by atoms with E-state index in [1.165, 1.54) is 5.56 Å². The van der Waals surface area contributed by atoms with Crippen LogP contribution in [0, 0.1) is 6.92 Å². The zero-order valence-corrected chi connectivity index (χ0v) is 16.5. The Labute approximate surface area is 157 Å². The normalized spacial score (nSPS) is 13.9. The minimum absolute atomic E-state index is 0.189. The first-order chi connectivity index (χ1) is 12.5. The molecule has 0 amide bonds. The number of rotatable bonds is 7. The number of aryl methyl sites for hydroxylation is 1. The minimum atomic E-state index is -1.26. The fourth-order valence-corrected chi connectivity index (χ4v) is 4.42. The van der Waals surface area contributed by atoms with Gasteiger partial charge in [0, 0.05) is 31.5 Å². The third-order valence-electron chi connectivity index (χ3n) is 4.87. The maximum absolute atomic E-state index is 13.0. The summed E-state index contributed by atoms with van der Waals surface area (Å²) in [5.74, 6) is 0.362. The summed E-state index contributed by atoms with van der Waals surface area (Å²) in [4.78, 5) is 9.03. The van der Waals surface area contributed by atoms with Crippen molar-refractivity contribution in [3.05, 3.63) is 53.3 Å². The van der Waals surface area contributed by atoms with Crippen molar-refractivity contribution in [2.45, 2.75) is 43.7 Å². The highest BCUT2D eigenvalue weighted by Gasteiger charge is 2.23. The Kier molecular flexibility index (Phi) is 5.96. The van der Waals surface area contributed by atoms with Crippen LogP contribution in [-0.2, 0) is 35.1 Å². The van der Waals surface area contributed by atoms with Crippen LogP contribution in [0.25, 0.3) is 11.0 Å². The van der Waals surface area contributed by atoms with Crippen molar-refractivity contribution < 1.29 is 9.29 Å². The number of imidazole rings is 1. The molecular formula is C20H25N3O2S. The largest absolute Gasteiger partial charge is 0.609 e. The SMILES string of the molecule is CCC(Cc1ccnc(C[S+]([O-])c2nc3ccccc3n2C)c1C)OC. The van der Waals surface area contributed by atoms with Crippen molar-refractivity contribution in [3.63, 3.8) is 0 Å². The van der Waals surface area contributed by atoms with E-state index in [0.717, 1.165) is 35.1 Å². The molecule has 0 spiro atoms. The number of hydrogen-bond donors (Lipinski definition) is 0. The van der Waals surface area contributed by atoms with E-state index in [4.69, 9.17) is 4.74 Å². The van der Waals surface area contributed by atoms with Crippen LogP contribution in [0.4, 0.5) is 0 Å². The van der Waals surface area contributed by atoms with Crippen LogP contribution < -0.4 is 0 Å². The maximum atomic E-state index is 13.0. The first-order valence-electron chi connectivity index (χ1n) is 8.81. The Morgan fingerprint density at radius 1 is 1.27 bits per heavy atom. The van der Waals surface area contributed by atoms with Crippen LogP contribution in [-0.4, -0.2) is 32.3 Å². The number of methoxy groups -OCH3 is 1. The zero-order valence-electron chi connectivity index (χ0n) is 15.7. The smallest absolute Gasteiger partial charge is 0.324 e. The van der Waals surface area contributed by atoms with E-state index in [0.29, 0.717) is 10.9 Å². The monoisotopic (exact) mass is 371 g/mol. The molecule has 0 aliphatic heterocycles. The lowest BCUT2D eigenvalue weighted by Crippen LogP contribution is -2.16. The van der Waals surface area contributed by atoms with Crippen LogP contribution in [0.5, 0.6) is 0 Å². The number of ether oxygens (including phenoxy) is 1. The number of fused-ring (bicyclic) bond motifs is 1. The summed E-state index contributed by atoms with van der Waals surface area (Å²) in [5.41, 5.74) is 5.00. The summed E-state index contributed by atoms with van der Waals surface area (Å²) in [6.45, 7) is 4.17. The van der Waals surface area contributed by atoms with E-state index in [9.17, 15) is 4.55 Å². The van der Waals surface area contributed by atoms with Crippen molar-refractivity contribution in [1.29, 1.82) is 0 Å². The number of para-hydroxylation sites is 2. The van der Waals surface area contributed by atoms with Gasteiger partial charge in [-0.3, -0.25) is 9.55 Å². The highest BCUT2D eigenvalue weighted by atomic mass is 32.2. The average molecular weight is 372 g/mol. The summed E-state index contributed by atoms with van der Waals surface area (Å²) < 4.78 is 20.4. The molecule has 0 aliphatic rings. The van der Waals surface area contributed by atoms with Gasteiger partial charge in [-0.1, -0.05) is 19.1 Å². The van der Waals surface area contributed by atoms with E-state index in [1.807, 2.05) is 48.9 Å². The Morgan fingerprint density at radius 3 is 2.73 bits per heavy atom. The zero-order chi connectivity index (χ0) is 18.7. The van der Waals surface area contributed by atoms with Crippen LogP contribution >= 0.6 is 0 Å². The maximum Gasteiger partial charge on any atom is 0.324 e. The molecule has 2 atom stereocenters. The molecule has 2 unspecified atom stereocenters. The fraction of sp³-hybridized carbons (Fsp3) is 0.400. The highest BCUT2D eigenvalue weighted by molar-refractivity contribution is 7.90. The van der Waals surface area contributed by atoms with Gasteiger partial charge in [-0.05, 0) is 49.1 Å². The number of hydrogen-bond acceptors (Lipinski definition) is 4. The molecule has 6 heteroatoms. The number of nitrogens with zero attached hydrogens (tertiary/aromatic N) is 3. The molecule has 0 saturated carbocycles. The number of benzene rings is 1. The van der Waals surface area contributed by atoms with Gasteiger partial charge in [0.2, 0.25) is 0 Å². The Hall–Kier alpha value is -1.89. The Bertz CT molecular complexity index is 890. The van der Waals surface area contributed by atoms with E-state index >= 15 is 0 Å². The molecule has 0 aliphatic carbocycles. The first-order valence-corrected chi connectivity index (χ1v) is 10.1. The predicted molar refractivity (Wildman–Crippen MR) is 105 cm³/mol. The summed E-state index contributed by atoms with van der Waals surface area (Å²) in [5, 5.41) is 0.584. The van der Waals surface area contributed by atoms with Crippen LogP contribution in [0.1, 0.15) is 30.2 Å². The van der Waals surface area contributed by atoms with Crippen molar-refractivity contribution in [2.24, 2.45) is 7.05 Å². The van der Waals surface area contributed by atoms with Crippen molar-refractivity contribution >= 4 is 22.2 Å². The van der Waals surface area contributed by atoms with Gasteiger partial charge < -0.3 is 9.29 Å². The third kappa shape index (κ3) is 3.77. The standard InChI is InChI=1S/C20H25N3O2S/c1-5-16(25-4)12-15-10-11-21-18(14(15)2)13-26(24)20-22-17-8-6-7-9-19(17)23(20)3/h6-11,16H,5,12-13H2,1-4H3. The molecule has 138 valence electrons. The topological polar surface area (TPSA) is 63.0 Å². The van der Waals surface area contributed by atoms with Gasteiger partial charge in [0.1, 0.15) is 0 Å². The molecule has 2 heterocycles. The second-order valence-electron chi connectivity index (χ2n) is 6.44. The summed E-state index contributed by atoms with van der Waals surface area (Å²) in [7, 11) is 3.65. The molecule has 0 bridgehead atoms. The highest BCUT2D eigenvalue weighted by Crippen LogP contribution is 2.23. The lowest BCUT2D eigenvalue weighted by atomic mass is 10.0. The molecule has 26 heavy (non-hydrogen) atoms. The van der Waals surface area contributed by atoms with Gasteiger partial charge in [0.25, 0.3) is 0 Å². The lowest BCUT2D eigenvalue weighted by molar-refractivity contribution is 0.0996. The molecule has 1 aromatic carbocycles. The molecule has 2 aromatic heterocycles. The molecule has 0 fully saturated rings. The number of aromatic nitrogens is 3. The Morgan fingerprint density at radius 2 is 2.04 bits per heavy atom. The average Bonchev–Trinajstić information content (AvgIpc) is 2.99. The summed E-state index contributed by atoms with van der Waals surface area (Å²) in [6, 6.07) is 9.86. The second kappa shape index (κ2) is 8.20. The van der Waals surface area contributed by atoms with Gasteiger partial charge >= 0.3 is 5.16 Å². The van der Waals surface area contributed by atoms with Crippen molar-refractivity contribution in [3.8, 4) is 0 Å². The predicted octanol–water partition coefficient (Wildman–Crippen LogP) is 3.55. The van der Waals surface area contributed by atoms with Crippen molar-refractivity contribution in [2.75, 3.05) is 7.11 Å². The quantitative estimate of drug-likeness (QED) is 0.596. The lowest BCUT2D eigenvalue weighted by Gasteiger charge is -2.16. The van der Waals surface area contributed by atoms with Crippen LogP contribution in [0.2, 0.25) is 0 Å². The van der Waals surface area contributed by atoms with E-state index in [-0.39, 0.29) is 6.10 Å². The van der Waals surface area contributed by atoms with Gasteiger partial charge in [-0.25, -0.2) is 0 Å². The van der Waals surface area contributed by atoms with Gasteiger partial charge in [-0.2, -0.15) is 4.98 Å². The molecule has 0 N–H and O–H groups in total. The first kappa shape index (κ1) is 18.9. The van der Waals surface area contributed by atoms with E-state index < -0.39 is 11.2 Å². The van der Waals surface area contributed by atoms with Crippen LogP contribution in [0.3, 0.4) is 0 Å². The van der Waals surface area contributed by atoms with E-state index in [2.05, 4.69) is 16.9 Å².